The second kappa shape index (κ2) is 7.29. The summed E-state index contributed by atoms with van der Waals surface area (Å²) in [6.07, 6.45) is -2.29. The topological polar surface area (TPSA) is 123 Å². The van der Waals surface area contributed by atoms with E-state index in [1.807, 2.05) is 10.6 Å². The van der Waals surface area contributed by atoms with Gasteiger partial charge in [0.15, 0.2) is 11.6 Å². The third-order valence-electron chi connectivity index (χ3n) is 2.85. The van der Waals surface area contributed by atoms with Crippen LogP contribution in [0.5, 0.6) is 5.75 Å². The van der Waals surface area contributed by atoms with Gasteiger partial charge in [0.25, 0.3) is 0 Å². The number of carboxylic acid groups (broad SMARTS) is 1. The third-order valence-corrected chi connectivity index (χ3v) is 2.85. The fraction of sp³-hybridized carbons (Fsp3) is 0.308. The molecule has 0 aromatic heterocycles. The monoisotopic (exact) mass is 330 g/mol. The molecule has 0 saturated carbocycles. The summed E-state index contributed by atoms with van der Waals surface area (Å²) in [5, 5.41) is 13.5. The molecular formula is C13H15FN2O7. The maximum absolute atomic E-state index is 13.5. The van der Waals surface area contributed by atoms with Crippen molar-refractivity contribution >= 4 is 18.2 Å². The highest BCUT2D eigenvalue weighted by atomic mass is 19.1. The van der Waals surface area contributed by atoms with E-state index in [4.69, 9.17) is 4.74 Å². The largest absolute Gasteiger partial charge is 0.494 e. The molecule has 23 heavy (non-hydrogen) atoms. The number of carbonyl (C=O) groups is 3. The highest BCUT2D eigenvalue weighted by Crippen LogP contribution is 2.26. The lowest BCUT2D eigenvalue weighted by Crippen LogP contribution is -2.62. The number of aliphatic carboxylic acids is 1. The van der Waals surface area contributed by atoms with Crippen LogP contribution in [0.2, 0.25) is 0 Å². The Hall–Kier alpha value is -3.04. The third kappa shape index (κ3) is 3.78. The number of nitrogens with one attached hydrogen (secondary N) is 2. The summed E-state index contributed by atoms with van der Waals surface area (Å²) in [4.78, 5) is 34.7. The summed E-state index contributed by atoms with van der Waals surface area (Å²) in [5.74, 6) is -2.71. The van der Waals surface area contributed by atoms with Crippen LogP contribution in [0.1, 0.15) is 5.56 Å². The average Bonchev–Trinajstić information content (AvgIpc) is 2.53. The SMILES string of the molecule is COC(=O)NC(NC(=O)OC)(C(=O)O)c1ccc(F)c(OC)c1. The first-order valence-electron chi connectivity index (χ1n) is 6.10. The quantitative estimate of drug-likeness (QED) is 0.682. The van der Waals surface area contributed by atoms with Crippen LogP contribution in [-0.2, 0) is 19.9 Å². The van der Waals surface area contributed by atoms with Crippen LogP contribution in [0.15, 0.2) is 18.2 Å². The highest BCUT2D eigenvalue weighted by molar-refractivity contribution is 5.89. The minimum absolute atomic E-state index is 0.195. The summed E-state index contributed by atoms with van der Waals surface area (Å²) in [7, 11) is 3.18. The molecule has 10 heteroatoms. The van der Waals surface area contributed by atoms with Crippen molar-refractivity contribution < 1.29 is 38.1 Å². The van der Waals surface area contributed by atoms with Gasteiger partial charge < -0.3 is 19.3 Å². The number of benzene rings is 1. The van der Waals surface area contributed by atoms with Gasteiger partial charge in [0.2, 0.25) is 5.66 Å². The molecule has 0 fully saturated rings. The molecule has 0 aliphatic heterocycles. The Morgan fingerprint density at radius 2 is 1.61 bits per heavy atom. The zero-order valence-electron chi connectivity index (χ0n) is 12.5. The molecule has 0 aliphatic rings. The summed E-state index contributed by atoms with van der Waals surface area (Å²) in [6, 6.07) is 2.98. The fourth-order valence-corrected chi connectivity index (χ4v) is 1.71. The number of alkyl carbamates (subject to hydrolysis) is 2. The molecule has 0 spiro atoms. The van der Waals surface area contributed by atoms with Gasteiger partial charge in [-0.1, -0.05) is 6.07 Å². The summed E-state index contributed by atoms with van der Waals surface area (Å²) < 4.78 is 27.0. The van der Waals surface area contributed by atoms with Crippen LogP contribution in [-0.4, -0.2) is 44.6 Å². The first kappa shape index (κ1) is 18.0. The minimum Gasteiger partial charge on any atom is -0.494 e. The van der Waals surface area contributed by atoms with E-state index >= 15 is 0 Å². The lowest BCUT2D eigenvalue weighted by atomic mass is 9.99. The standard InChI is InChI=1S/C13H15FN2O7/c1-21-9-6-7(4-5-8(9)14)13(10(17)18,15-11(19)22-2)16-12(20)23-3/h4-6H,1-3H3,(H,15,19)(H,16,20)(H,17,18). The second-order valence-electron chi connectivity index (χ2n) is 4.14. The smallest absolute Gasteiger partial charge is 0.409 e. The molecule has 0 unspecified atom stereocenters. The van der Waals surface area contributed by atoms with Crippen molar-refractivity contribution in [2.75, 3.05) is 21.3 Å². The zero-order valence-corrected chi connectivity index (χ0v) is 12.5. The molecule has 126 valence electrons. The molecule has 9 nitrogen and oxygen atoms in total. The van der Waals surface area contributed by atoms with Crippen molar-refractivity contribution in [2.45, 2.75) is 5.66 Å². The van der Waals surface area contributed by atoms with Crippen LogP contribution in [0.25, 0.3) is 0 Å². The van der Waals surface area contributed by atoms with Crippen molar-refractivity contribution in [3.8, 4) is 5.75 Å². The Morgan fingerprint density at radius 1 is 1.09 bits per heavy atom. The lowest BCUT2D eigenvalue weighted by Gasteiger charge is -2.30. The van der Waals surface area contributed by atoms with Crippen molar-refractivity contribution in [3.05, 3.63) is 29.6 Å². The molecule has 0 aliphatic carbocycles. The van der Waals surface area contributed by atoms with Crippen molar-refractivity contribution in [2.24, 2.45) is 0 Å². The Morgan fingerprint density at radius 3 is 2.00 bits per heavy atom. The van der Waals surface area contributed by atoms with E-state index in [-0.39, 0.29) is 11.3 Å². The number of halogens is 1. The highest BCUT2D eigenvalue weighted by Gasteiger charge is 2.45. The number of amides is 2. The van der Waals surface area contributed by atoms with E-state index in [0.717, 1.165) is 32.4 Å². The summed E-state index contributed by atoms with van der Waals surface area (Å²) in [6.45, 7) is 0. The fourth-order valence-electron chi connectivity index (χ4n) is 1.71. The zero-order chi connectivity index (χ0) is 17.6. The average molecular weight is 330 g/mol. The van der Waals surface area contributed by atoms with Crippen molar-refractivity contribution in [3.63, 3.8) is 0 Å². The second-order valence-corrected chi connectivity index (χ2v) is 4.14. The molecule has 0 bridgehead atoms. The maximum atomic E-state index is 13.5. The molecule has 0 saturated heterocycles. The molecule has 0 radical (unpaired) electrons. The molecule has 3 N–H and O–H groups in total. The van der Waals surface area contributed by atoms with Crippen molar-refractivity contribution in [1.29, 1.82) is 0 Å². The Bertz CT molecular complexity index is 602. The van der Waals surface area contributed by atoms with E-state index in [2.05, 4.69) is 9.47 Å². The van der Waals surface area contributed by atoms with Crippen LogP contribution in [0.4, 0.5) is 14.0 Å². The van der Waals surface area contributed by atoms with E-state index in [0.29, 0.717) is 0 Å². The summed E-state index contributed by atoms with van der Waals surface area (Å²) >= 11 is 0. The van der Waals surface area contributed by atoms with E-state index in [9.17, 15) is 23.9 Å². The van der Waals surface area contributed by atoms with Gasteiger partial charge in [-0.05, 0) is 12.1 Å². The van der Waals surface area contributed by atoms with Crippen LogP contribution >= 0.6 is 0 Å². The first-order valence-corrected chi connectivity index (χ1v) is 6.10. The lowest BCUT2D eigenvalue weighted by molar-refractivity contribution is -0.146. The van der Waals surface area contributed by atoms with E-state index in [1.54, 1.807) is 0 Å². The molecule has 2 amide bonds. The number of methoxy groups -OCH3 is 3. The van der Waals surface area contributed by atoms with Gasteiger partial charge >= 0.3 is 18.2 Å². The number of rotatable bonds is 5. The van der Waals surface area contributed by atoms with Gasteiger partial charge in [0.05, 0.1) is 21.3 Å². The predicted octanol–water partition coefficient (Wildman–Crippen LogP) is 0.784. The van der Waals surface area contributed by atoms with Crippen LogP contribution in [0, 0.1) is 5.82 Å². The number of hydrogen-bond donors (Lipinski definition) is 3. The number of hydrogen-bond acceptors (Lipinski definition) is 6. The van der Waals surface area contributed by atoms with Gasteiger partial charge in [0, 0.05) is 5.56 Å². The molecular weight excluding hydrogens is 315 g/mol. The van der Waals surface area contributed by atoms with Gasteiger partial charge in [-0.25, -0.2) is 18.8 Å². The number of carboxylic acids is 1. The molecule has 0 heterocycles. The van der Waals surface area contributed by atoms with E-state index in [1.165, 1.54) is 7.11 Å². The maximum Gasteiger partial charge on any atom is 0.409 e. The number of ether oxygens (including phenoxy) is 3. The summed E-state index contributed by atoms with van der Waals surface area (Å²) in [5.41, 5.74) is -2.65. The van der Waals surface area contributed by atoms with Gasteiger partial charge in [-0.3, -0.25) is 10.6 Å². The number of carbonyl (C=O) groups excluding carboxylic acids is 2. The molecule has 1 aromatic rings. The van der Waals surface area contributed by atoms with Crippen molar-refractivity contribution in [1.82, 2.24) is 10.6 Å². The predicted molar refractivity (Wildman–Crippen MR) is 73.3 cm³/mol. The molecule has 0 atom stereocenters. The Kier molecular flexibility index (Phi) is 5.71. The normalized spacial score (nSPS) is 10.4. The molecule has 1 aromatic carbocycles. The van der Waals surface area contributed by atoms with E-state index < -0.39 is 29.6 Å². The Labute approximate surface area is 130 Å². The van der Waals surface area contributed by atoms with Gasteiger partial charge in [0.1, 0.15) is 0 Å². The van der Waals surface area contributed by atoms with Crippen LogP contribution < -0.4 is 15.4 Å². The Balaban J connectivity index is 3.49. The first-order chi connectivity index (χ1) is 10.8. The molecule has 1 rings (SSSR count). The van der Waals surface area contributed by atoms with Gasteiger partial charge in [-0.15, -0.1) is 0 Å². The van der Waals surface area contributed by atoms with Gasteiger partial charge in [-0.2, -0.15) is 0 Å². The minimum atomic E-state index is -2.46. The van der Waals surface area contributed by atoms with Crippen LogP contribution in [0.3, 0.4) is 0 Å².